The molecule has 1 aromatic heterocycles. The van der Waals surface area contributed by atoms with Gasteiger partial charge in [0.05, 0.1) is 42.2 Å². The number of hydrogen-bond acceptors (Lipinski definition) is 22. The van der Waals surface area contributed by atoms with Crippen LogP contribution >= 0.6 is 0 Å². The Morgan fingerprint density at radius 2 is 1.10 bits per heavy atom. The third kappa shape index (κ3) is 34.0. The van der Waals surface area contributed by atoms with E-state index in [2.05, 4.69) is 79.4 Å². The number of phenols is 2. The van der Waals surface area contributed by atoms with E-state index in [-0.39, 0.29) is 140 Å². The third-order valence-corrected chi connectivity index (χ3v) is 20.3. The van der Waals surface area contributed by atoms with Crippen molar-refractivity contribution in [3.8, 4) is 11.5 Å². The van der Waals surface area contributed by atoms with Gasteiger partial charge in [0, 0.05) is 51.2 Å². The number of primary amides is 2. The van der Waals surface area contributed by atoms with Crippen molar-refractivity contribution < 1.29 is 92.0 Å². The second-order valence-corrected chi connectivity index (χ2v) is 30.5. The first-order chi connectivity index (χ1) is 56.6. The summed E-state index contributed by atoms with van der Waals surface area (Å²) in [7, 11) is 0. The number of nitrogens with two attached hydrogens (primary N) is 4. The molecule has 0 saturated heterocycles. The fourth-order valence-corrected chi connectivity index (χ4v) is 13.3. The molecule has 26 N–H and O–H groups in total. The van der Waals surface area contributed by atoms with Crippen molar-refractivity contribution in [3.05, 3.63) is 107 Å². The van der Waals surface area contributed by atoms with Gasteiger partial charge < -0.3 is 107 Å². The number of aromatic nitrogens is 3. The second-order valence-electron chi connectivity index (χ2n) is 30.5. The number of Topliss-reactive ketones (excluding diaryl/α,β-unsaturated/α-hetero) is 2. The van der Waals surface area contributed by atoms with Gasteiger partial charge in [-0.25, -0.2) is 4.68 Å². The van der Waals surface area contributed by atoms with Crippen LogP contribution in [0.5, 0.6) is 11.5 Å². The van der Waals surface area contributed by atoms with Crippen molar-refractivity contribution in [2.75, 3.05) is 19.6 Å². The van der Waals surface area contributed by atoms with Crippen molar-refractivity contribution in [1.82, 2.24) is 84.1 Å². The molecule has 13 amide bonds. The van der Waals surface area contributed by atoms with E-state index in [1.54, 1.807) is 55.8 Å². The van der Waals surface area contributed by atoms with E-state index in [1.165, 1.54) is 82.4 Å². The SMILES string of the molecule is C.CC[C@H](C)[C@@H]1NC(=O)[C@@](C)(CC(C)=O)CCCn2nncc2CCC[C@@](C)(C(=O)C[C@@H](Cc2ccccc2)C(=O)NC(CC(N)=O)C(=O)N[C@@H](C)C(=O)NC(Cc2ccc(O)cc2)C(=O)N[C@@H](Cc2ccc(O)cc2)C(=O)NC(C)C(=O)N[C@@H](CCCNC(=N)N)C(=O)NC(CCCNC(=N)N)C(N)=O)NC(=O)[C@H](CC(=O)O)NC(=O)CNC1=O. The largest absolute Gasteiger partial charge is 0.508 e. The van der Waals surface area contributed by atoms with Gasteiger partial charge in [0.2, 0.25) is 76.8 Å². The van der Waals surface area contributed by atoms with Gasteiger partial charge in [-0.3, -0.25) is 87.5 Å². The lowest BCUT2D eigenvalue weighted by Gasteiger charge is -2.33. The average Bonchev–Trinajstić information content (AvgIpc) is 1.50. The number of rotatable bonds is 40. The van der Waals surface area contributed by atoms with Crippen LogP contribution in [-0.4, -0.2) is 216 Å². The lowest BCUT2D eigenvalue weighted by Crippen LogP contribution is -2.60. The number of amides is 13. The molecule has 121 heavy (non-hydrogen) atoms. The summed E-state index contributed by atoms with van der Waals surface area (Å²) < 4.78 is 1.56. The Labute approximate surface area is 700 Å². The summed E-state index contributed by atoms with van der Waals surface area (Å²) in [5.74, 6) is -18.5. The molecule has 0 fully saturated rings. The maximum absolute atomic E-state index is 15.4. The van der Waals surface area contributed by atoms with E-state index in [0.29, 0.717) is 28.8 Å². The topological polar surface area (TPSA) is 673 Å². The molecule has 1 aliphatic rings. The Bertz CT molecular complexity index is 4300. The van der Waals surface area contributed by atoms with Crippen LogP contribution in [0.3, 0.4) is 0 Å². The van der Waals surface area contributed by atoms with Gasteiger partial charge in [-0.2, -0.15) is 0 Å². The van der Waals surface area contributed by atoms with Gasteiger partial charge in [0.25, 0.3) is 0 Å². The van der Waals surface area contributed by atoms with E-state index in [9.17, 15) is 82.4 Å². The lowest BCUT2D eigenvalue weighted by molar-refractivity contribution is -0.142. The zero-order chi connectivity index (χ0) is 89.1. The number of fused-ring (bicyclic) bond motifs is 1. The number of ketones is 2. The number of guanidine groups is 2. The summed E-state index contributed by atoms with van der Waals surface area (Å²) in [6, 6.07) is 5.10. The highest BCUT2D eigenvalue weighted by molar-refractivity contribution is 6.02. The fourth-order valence-electron chi connectivity index (χ4n) is 13.3. The molecule has 4 aromatic rings. The summed E-state index contributed by atoms with van der Waals surface area (Å²) in [5, 5.41) is 86.7. The maximum atomic E-state index is 15.4. The van der Waals surface area contributed by atoms with Crippen LogP contribution in [0, 0.1) is 28.1 Å². The smallest absolute Gasteiger partial charge is 0.305 e. The van der Waals surface area contributed by atoms with Gasteiger partial charge in [-0.1, -0.05) is 94.4 Å². The van der Waals surface area contributed by atoms with Crippen LogP contribution in [0.1, 0.15) is 162 Å². The number of phenolic OH excluding ortho intramolecular Hbond substituents is 2. The molecular formula is C80H118N22O19. The predicted molar refractivity (Wildman–Crippen MR) is 441 cm³/mol. The normalized spacial score (nSPS) is 18.8. The summed E-state index contributed by atoms with van der Waals surface area (Å²) in [4.78, 5) is 223. The van der Waals surface area contributed by atoms with Crippen molar-refractivity contribution >= 4 is 106 Å². The zero-order valence-electron chi connectivity index (χ0n) is 68.3. The number of hydrogen-bond donors (Lipinski definition) is 22. The summed E-state index contributed by atoms with van der Waals surface area (Å²) in [5.41, 5.74) is 20.4. The molecule has 1 aliphatic heterocycles. The number of aryl methyl sites for hydroxylation is 2. The van der Waals surface area contributed by atoms with Gasteiger partial charge in [-0.15, -0.1) is 5.10 Å². The Morgan fingerprint density at radius 1 is 0.603 bits per heavy atom. The van der Waals surface area contributed by atoms with Gasteiger partial charge in [0.1, 0.15) is 71.7 Å². The molecule has 13 atom stereocenters. The highest BCUT2D eigenvalue weighted by Crippen LogP contribution is 2.31. The average molecular weight is 1690 g/mol. The molecular weight excluding hydrogens is 1570 g/mol. The van der Waals surface area contributed by atoms with Crippen molar-refractivity contribution in [2.24, 2.45) is 40.2 Å². The molecule has 0 bridgehead atoms. The van der Waals surface area contributed by atoms with E-state index >= 15 is 9.59 Å². The first-order valence-electron chi connectivity index (χ1n) is 39.4. The number of benzene rings is 3. The van der Waals surface area contributed by atoms with Gasteiger partial charge >= 0.3 is 5.97 Å². The van der Waals surface area contributed by atoms with Gasteiger partial charge in [-0.05, 0) is 139 Å². The molecule has 662 valence electrons. The van der Waals surface area contributed by atoms with E-state index in [1.807, 2.05) is 0 Å². The molecule has 0 saturated carbocycles. The third-order valence-electron chi connectivity index (χ3n) is 20.3. The fraction of sp³-hybridized carbons (Fsp3) is 0.525. The van der Waals surface area contributed by atoms with E-state index < -0.39 is 192 Å². The van der Waals surface area contributed by atoms with Crippen molar-refractivity contribution in [2.45, 2.75) is 232 Å². The van der Waals surface area contributed by atoms with Crippen LogP contribution in [0.15, 0.2) is 85.1 Å². The molecule has 5 rings (SSSR count). The number of aromatic hydroxyl groups is 2. The van der Waals surface area contributed by atoms with Crippen LogP contribution in [-0.2, 0) is 109 Å². The predicted octanol–water partition coefficient (Wildman–Crippen LogP) is -2.47. The lowest BCUT2D eigenvalue weighted by atomic mass is 9.79. The molecule has 0 radical (unpaired) electrons. The Kier molecular flexibility index (Phi) is 40.3. The number of carboxylic acids is 1. The van der Waals surface area contributed by atoms with E-state index in [0.717, 1.165) is 0 Å². The molecule has 2 heterocycles. The number of carboxylic acid groups (broad SMARTS) is 1. The van der Waals surface area contributed by atoms with Crippen LogP contribution in [0.4, 0.5) is 0 Å². The van der Waals surface area contributed by atoms with E-state index in [4.69, 9.17) is 33.8 Å². The minimum absolute atomic E-state index is 0. The molecule has 41 nitrogen and oxygen atoms in total. The highest BCUT2D eigenvalue weighted by Gasteiger charge is 2.43. The van der Waals surface area contributed by atoms with Crippen LogP contribution in [0.2, 0.25) is 0 Å². The Hall–Kier alpha value is -13.1. The standard InChI is InChI=1S/C79H114N22O19.CH4/c1-8-43(2)64-74(119)88-42-62(107)92-59(39-63(108)109)73(118)99-79(7,30-12-18-51-41-89-100-101(51)33-15-29-78(6,40-44(3)102)75(120)98-64)60(105)37-50(34-47-16-10-9-11-17-47)68(113)96-58(38-61(80)106)71(116)91-46(5)67(112)95-57(36-49-23-27-53(104)28-24-49)72(117)97-56(35-48-21-25-52(103)26-22-48)70(115)90-45(4)66(111)94-55(20-14-32-87-77(84)85)69(114)93-54(65(81)110)19-13-31-86-76(82)83;/h9-11,16-17,21-28,41,43,45-46,50,54-59,64,103-104H,8,12-15,18-20,29-40,42H2,1-7H3,(H2,80,106)(H2,81,110)(H,88,119)(H,90,115)(H,91,116)(H,92,107)(H,93,114)(H,94,111)(H,95,112)(H,96,113)(H,97,117)(H,98,120)(H,99,118)(H,108,109)(H4,82,83,86)(H4,84,85,87);1H4/t43-,45?,46-,50+,54?,55-,56-,57?,58?,59-,64-,78+,79-;/m0./s1. The number of nitrogens with zero attached hydrogens (tertiary/aromatic N) is 3. The minimum Gasteiger partial charge on any atom is -0.508 e. The van der Waals surface area contributed by atoms with Crippen molar-refractivity contribution in [1.29, 1.82) is 10.8 Å². The molecule has 3 aromatic carbocycles. The van der Waals surface area contributed by atoms with Crippen molar-refractivity contribution in [3.63, 3.8) is 0 Å². The quantitative estimate of drug-likeness (QED) is 0.0125. The summed E-state index contributed by atoms with van der Waals surface area (Å²) in [6.07, 6.45) is -1.31. The van der Waals surface area contributed by atoms with Crippen LogP contribution < -0.4 is 92.1 Å². The number of carbonyl (C=O) groups is 16. The minimum atomic E-state index is -2.02. The number of nitrogens with one attached hydrogen (secondary N) is 15. The first kappa shape index (κ1) is 100. The number of carbonyl (C=O) groups excluding carboxylic acids is 15. The molecule has 4 unspecified atom stereocenters. The Balaban J connectivity index is 0.0000308. The summed E-state index contributed by atoms with van der Waals surface area (Å²) in [6.45, 7) is 9.75. The molecule has 0 spiro atoms. The monoisotopic (exact) mass is 1690 g/mol. The highest BCUT2D eigenvalue weighted by atomic mass is 16.4. The molecule has 0 aliphatic carbocycles. The molecule has 41 heteroatoms. The van der Waals surface area contributed by atoms with Gasteiger partial charge in [0.15, 0.2) is 17.7 Å². The first-order valence-corrected chi connectivity index (χ1v) is 39.4. The second kappa shape index (κ2) is 48.7. The zero-order valence-corrected chi connectivity index (χ0v) is 68.3. The summed E-state index contributed by atoms with van der Waals surface area (Å²) >= 11 is 0. The Morgan fingerprint density at radius 3 is 1.62 bits per heavy atom. The number of aliphatic carboxylic acids is 1. The maximum Gasteiger partial charge on any atom is 0.305 e. The van der Waals surface area contributed by atoms with Crippen LogP contribution in [0.25, 0.3) is 0 Å².